The molecule has 7 heteroatoms. The standard InChI is InChI=1S/C16H18F3NO3/c1-15(2,3)23-14(21)20-8-7-12(10-20)11-5-4-6-13(9-11)22-16(17,18)19/h4-7,9H,8,10H2,1-3H3. The van der Waals surface area contributed by atoms with Crippen LogP contribution in [-0.4, -0.2) is 36.0 Å². The van der Waals surface area contributed by atoms with Gasteiger partial charge in [0.25, 0.3) is 0 Å². The molecule has 1 heterocycles. The van der Waals surface area contributed by atoms with Crippen LogP contribution in [0.25, 0.3) is 5.57 Å². The number of halogens is 3. The quantitative estimate of drug-likeness (QED) is 0.815. The van der Waals surface area contributed by atoms with E-state index in [1.54, 1.807) is 32.9 Å². The second-order valence-corrected chi connectivity index (χ2v) is 6.17. The maximum absolute atomic E-state index is 12.3. The monoisotopic (exact) mass is 329 g/mol. The zero-order chi connectivity index (χ0) is 17.3. The molecule has 126 valence electrons. The van der Waals surface area contributed by atoms with Crippen LogP contribution < -0.4 is 4.74 Å². The van der Waals surface area contributed by atoms with Gasteiger partial charge >= 0.3 is 12.5 Å². The van der Waals surface area contributed by atoms with Crippen molar-refractivity contribution in [3.05, 3.63) is 35.9 Å². The molecule has 1 aromatic rings. The van der Waals surface area contributed by atoms with Crippen molar-refractivity contribution in [2.75, 3.05) is 13.1 Å². The van der Waals surface area contributed by atoms with Crippen molar-refractivity contribution in [1.29, 1.82) is 0 Å². The summed E-state index contributed by atoms with van der Waals surface area (Å²) in [7, 11) is 0. The Labute approximate surface area is 132 Å². The summed E-state index contributed by atoms with van der Waals surface area (Å²) < 4.78 is 46.0. The first-order valence-electron chi connectivity index (χ1n) is 7.07. The molecule has 2 rings (SSSR count). The Kier molecular flexibility index (Phi) is 4.58. The summed E-state index contributed by atoms with van der Waals surface area (Å²) >= 11 is 0. The van der Waals surface area contributed by atoms with Crippen molar-refractivity contribution in [1.82, 2.24) is 4.90 Å². The van der Waals surface area contributed by atoms with Crippen LogP contribution >= 0.6 is 0 Å². The Hall–Kier alpha value is -2.18. The summed E-state index contributed by atoms with van der Waals surface area (Å²) in [5, 5.41) is 0. The number of benzene rings is 1. The maximum Gasteiger partial charge on any atom is 0.573 e. The smallest absolute Gasteiger partial charge is 0.444 e. The van der Waals surface area contributed by atoms with E-state index >= 15 is 0 Å². The van der Waals surface area contributed by atoms with Crippen molar-refractivity contribution >= 4 is 11.7 Å². The molecule has 4 nitrogen and oxygen atoms in total. The van der Waals surface area contributed by atoms with Crippen LogP contribution in [0.1, 0.15) is 26.3 Å². The summed E-state index contributed by atoms with van der Waals surface area (Å²) in [6.45, 7) is 5.95. The predicted octanol–water partition coefficient (Wildman–Crippen LogP) is 4.22. The molecular weight excluding hydrogens is 311 g/mol. The molecule has 0 fully saturated rings. The van der Waals surface area contributed by atoms with Gasteiger partial charge < -0.3 is 14.4 Å². The van der Waals surface area contributed by atoms with E-state index in [2.05, 4.69) is 4.74 Å². The molecule has 1 aliphatic rings. The highest BCUT2D eigenvalue weighted by Crippen LogP contribution is 2.28. The molecule has 1 aromatic carbocycles. The summed E-state index contributed by atoms with van der Waals surface area (Å²) in [5.74, 6) is -0.286. The highest BCUT2D eigenvalue weighted by molar-refractivity contribution is 5.77. The van der Waals surface area contributed by atoms with Gasteiger partial charge in [-0.25, -0.2) is 4.79 Å². The number of ether oxygens (including phenoxy) is 2. The van der Waals surface area contributed by atoms with Crippen molar-refractivity contribution in [2.24, 2.45) is 0 Å². The topological polar surface area (TPSA) is 38.8 Å². The number of nitrogens with zero attached hydrogens (tertiary/aromatic N) is 1. The lowest BCUT2D eigenvalue weighted by Crippen LogP contribution is -2.35. The largest absolute Gasteiger partial charge is 0.573 e. The van der Waals surface area contributed by atoms with Gasteiger partial charge in [0.1, 0.15) is 11.4 Å². The van der Waals surface area contributed by atoms with Crippen LogP contribution in [0.5, 0.6) is 5.75 Å². The zero-order valence-electron chi connectivity index (χ0n) is 13.1. The van der Waals surface area contributed by atoms with E-state index in [4.69, 9.17) is 4.74 Å². The molecule has 23 heavy (non-hydrogen) atoms. The fourth-order valence-electron chi connectivity index (χ4n) is 2.12. The minimum absolute atomic E-state index is 0.282. The summed E-state index contributed by atoms with van der Waals surface area (Å²) in [5.41, 5.74) is 0.738. The normalized spacial score (nSPS) is 15.4. The lowest BCUT2D eigenvalue weighted by atomic mass is 10.1. The van der Waals surface area contributed by atoms with Crippen LogP contribution in [0, 0.1) is 0 Å². The predicted molar refractivity (Wildman–Crippen MR) is 78.9 cm³/mol. The molecule has 1 amide bonds. The van der Waals surface area contributed by atoms with Gasteiger partial charge in [-0.15, -0.1) is 13.2 Å². The van der Waals surface area contributed by atoms with Gasteiger partial charge in [0, 0.05) is 13.1 Å². The molecule has 0 bridgehead atoms. The van der Waals surface area contributed by atoms with Crippen LogP contribution in [0.3, 0.4) is 0 Å². The van der Waals surface area contributed by atoms with E-state index < -0.39 is 18.1 Å². The second-order valence-electron chi connectivity index (χ2n) is 6.17. The first-order chi connectivity index (χ1) is 10.5. The average molecular weight is 329 g/mol. The molecule has 0 spiro atoms. The Bertz CT molecular complexity index is 618. The highest BCUT2D eigenvalue weighted by atomic mass is 19.4. The lowest BCUT2D eigenvalue weighted by Gasteiger charge is -2.24. The molecule has 0 aliphatic carbocycles. The number of alkyl halides is 3. The molecule has 0 aromatic heterocycles. The SMILES string of the molecule is CC(C)(C)OC(=O)N1CC=C(c2cccc(OC(F)(F)F)c2)C1. The van der Waals surface area contributed by atoms with Crippen molar-refractivity contribution < 1.29 is 27.4 Å². The minimum atomic E-state index is -4.73. The number of carbonyl (C=O) groups excluding carboxylic acids is 1. The Morgan fingerprint density at radius 2 is 1.91 bits per heavy atom. The molecule has 0 saturated heterocycles. The van der Waals surface area contributed by atoms with E-state index in [-0.39, 0.29) is 12.3 Å². The first kappa shape index (κ1) is 17.2. The molecule has 0 atom stereocenters. The van der Waals surface area contributed by atoms with Crippen molar-refractivity contribution in [2.45, 2.75) is 32.7 Å². The van der Waals surface area contributed by atoms with Crippen LogP contribution in [-0.2, 0) is 4.74 Å². The van der Waals surface area contributed by atoms with Crippen molar-refractivity contribution in [3.63, 3.8) is 0 Å². The number of amides is 1. The van der Waals surface area contributed by atoms with E-state index in [0.717, 1.165) is 5.57 Å². The van der Waals surface area contributed by atoms with Crippen LogP contribution in [0.15, 0.2) is 30.3 Å². The number of rotatable bonds is 2. The Morgan fingerprint density at radius 3 is 2.52 bits per heavy atom. The fourth-order valence-corrected chi connectivity index (χ4v) is 2.12. The van der Waals surface area contributed by atoms with Gasteiger partial charge in [-0.2, -0.15) is 0 Å². The van der Waals surface area contributed by atoms with E-state index in [1.165, 1.54) is 23.1 Å². The Morgan fingerprint density at radius 1 is 1.22 bits per heavy atom. The van der Waals surface area contributed by atoms with E-state index in [0.29, 0.717) is 12.1 Å². The van der Waals surface area contributed by atoms with E-state index in [9.17, 15) is 18.0 Å². The third-order valence-corrected chi connectivity index (χ3v) is 3.01. The zero-order valence-corrected chi connectivity index (χ0v) is 13.1. The van der Waals surface area contributed by atoms with Gasteiger partial charge in [-0.05, 0) is 44.0 Å². The summed E-state index contributed by atoms with van der Waals surface area (Å²) in [6, 6.07) is 5.69. The molecule has 0 N–H and O–H groups in total. The number of hydrogen-bond donors (Lipinski definition) is 0. The molecule has 0 unspecified atom stereocenters. The third-order valence-electron chi connectivity index (χ3n) is 3.01. The lowest BCUT2D eigenvalue weighted by molar-refractivity contribution is -0.274. The Balaban J connectivity index is 2.04. The maximum atomic E-state index is 12.3. The fraction of sp³-hybridized carbons (Fsp3) is 0.438. The summed E-state index contributed by atoms with van der Waals surface area (Å²) in [4.78, 5) is 13.5. The first-order valence-corrected chi connectivity index (χ1v) is 7.07. The van der Waals surface area contributed by atoms with Gasteiger partial charge in [-0.1, -0.05) is 18.2 Å². The molecule has 1 aliphatic heterocycles. The van der Waals surface area contributed by atoms with Gasteiger partial charge in [0.05, 0.1) is 0 Å². The second kappa shape index (κ2) is 6.14. The molecule has 0 saturated carbocycles. The molecular formula is C16H18F3NO3. The average Bonchev–Trinajstić information content (AvgIpc) is 2.84. The van der Waals surface area contributed by atoms with Crippen LogP contribution in [0.2, 0.25) is 0 Å². The number of hydrogen-bond acceptors (Lipinski definition) is 3. The minimum Gasteiger partial charge on any atom is -0.444 e. The van der Waals surface area contributed by atoms with Gasteiger partial charge in [0.2, 0.25) is 0 Å². The van der Waals surface area contributed by atoms with Crippen molar-refractivity contribution in [3.8, 4) is 5.75 Å². The third kappa shape index (κ3) is 5.19. The van der Waals surface area contributed by atoms with E-state index in [1.807, 2.05) is 0 Å². The van der Waals surface area contributed by atoms with Gasteiger partial charge in [-0.3, -0.25) is 0 Å². The van der Waals surface area contributed by atoms with Crippen LogP contribution in [0.4, 0.5) is 18.0 Å². The molecule has 0 radical (unpaired) electrons. The summed E-state index contributed by atoms with van der Waals surface area (Å²) in [6.07, 6.45) is -3.39. The van der Waals surface area contributed by atoms with Gasteiger partial charge in [0.15, 0.2) is 0 Å². The highest BCUT2D eigenvalue weighted by Gasteiger charge is 2.31. The number of carbonyl (C=O) groups is 1.